The lowest BCUT2D eigenvalue weighted by Crippen LogP contribution is -2.37. The van der Waals surface area contributed by atoms with Crippen molar-refractivity contribution in [2.45, 2.75) is 32.7 Å². The first kappa shape index (κ1) is 11.8. The Morgan fingerprint density at radius 3 is 2.47 bits per heavy atom. The fraction of sp³-hybridized carbons (Fsp3) is 0.545. The van der Waals surface area contributed by atoms with E-state index >= 15 is 0 Å². The highest BCUT2D eigenvalue weighted by atomic mass is 16.1. The topological polar surface area (TPSA) is 54.9 Å². The van der Waals surface area contributed by atoms with E-state index in [1.807, 2.05) is 0 Å². The molecule has 0 amide bonds. The van der Waals surface area contributed by atoms with Gasteiger partial charge in [0.2, 0.25) is 0 Å². The van der Waals surface area contributed by atoms with E-state index < -0.39 is 0 Å². The van der Waals surface area contributed by atoms with Gasteiger partial charge in [-0.2, -0.15) is 0 Å². The second kappa shape index (κ2) is 4.98. The van der Waals surface area contributed by atoms with Crippen LogP contribution in [-0.4, -0.2) is 27.8 Å². The lowest BCUT2D eigenvalue weighted by Gasteiger charge is -2.19. The molecule has 0 radical (unpaired) electrons. The van der Waals surface area contributed by atoms with E-state index in [4.69, 9.17) is 0 Å². The monoisotopic (exact) mass is 207 g/mol. The van der Waals surface area contributed by atoms with Crippen LogP contribution in [0.15, 0.2) is 18.7 Å². The summed E-state index contributed by atoms with van der Waals surface area (Å²) in [4.78, 5) is 19.2. The average Bonchev–Trinajstić information content (AvgIpc) is 2.17. The molecule has 0 aliphatic heterocycles. The summed E-state index contributed by atoms with van der Waals surface area (Å²) in [6.45, 7) is 6.90. The van der Waals surface area contributed by atoms with Gasteiger partial charge in [0.25, 0.3) is 0 Å². The summed E-state index contributed by atoms with van der Waals surface area (Å²) in [6.07, 6.45) is 4.99. The number of carbonyl (C=O) groups is 1. The van der Waals surface area contributed by atoms with Crippen LogP contribution in [0.3, 0.4) is 0 Å². The van der Waals surface area contributed by atoms with Crippen LogP contribution in [-0.2, 0) is 0 Å². The molecule has 0 fully saturated rings. The van der Waals surface area contributed by atoms with Crippen LogP contribution in [0.25, 0.3) is 0 Å². The number of hydrogen-bond donors (Lipinski definition) is 1. The van der Waals surface area contributed by atoms with Crippen molar-refractivity contribution in [1.82, 2.24) is 15.3 Å². The third-order valence-electron chi connectivity index (χ3n) is 1.89. The summed E-state index contributed by atoms with van der Waals surface area (Å²) in [5.41, 5.74) is 0.626. The van der Waals surface area contributed by atoms with Gasteiger partial charge in [0.05, 0.1) is 5.56 Å². The van der Waals surface area contributed by atoms with Crippen LogP contribution >= 0.6 is 0 Å². The number of ketones is 1. The number of carbonyl (C=O) groups excluding carboxylic acids is 1. The van der Waals surface area contributed by atoms with Crippen molar-refractivity contribution in [2.24, 2.45) is 0 Å². The van der Waals surface area contributed by atoms with Gasteiger partial charge in [0, 0.05) is 30.9 Å². The van der Waals surface area contributed by atoms with E-state index in [-0.39, 0.29) is 11.3 Å². The number of nitrogens with zero attached hydrogens (tertiary/aromatic N) is 2. The van der Waals surface area contributed by atoms with Gasteiger partial charge in [-0.1, -0.05) is 0 Å². The Balaban J connectivity index is 2.38. The maximum atomic E-state index is 11.6. The molecular weight excluding hydrogens is 190 g/mol. The summed E-state index contributed by atoms with van der Waals surface area (Å²) >= 11 is 0. The number of hydrogen-bond acceptors (Lipinski definition) is 4. The number of nitrogens with one attached hydrogen (secondary N) is 1. The summed E-state index contributed by atoms with van der Waals surface area (Å²) in [6, 6.07) is 0. The minimum absolute atomic E-state index is 0.0491. The third kappa shape index (κ3) is 4.65. The summed E-state index contributed by atoms with van der Waals surface area (Å²) in [5.74, 6) is 0.0763. The van der Waals surface area contributed by atoms with Gasteiger partial charge in [-0.25, -0.2) is 9.97 Å². The van der Waals surface area contributed by atoms with Gasteiger partial charge in [0.15, 0.2) is 5.78 Å². The Hall–Kier alpha value is -1.29. The van der Waals surface area contributed by atoms with Gasteiger partial charge in [-0.05, 0) is 20.8 Å². The smallest absolute Gasteiger partial charge is 0.167 e. The molecule has 4 nitrogen and oxygen atoms in total. The predicted octanol–water partition coefficient (Wildman–Crippen LogP) is 1.44. The second-order valence-corrected chi connectivity index (χ2v) is 4.48. The molecule has 0 aliphatic carbocycles. The van der Waals surface area contributed by atoms with Crippen LogP contribution in [0.1, 0.15) is 37.6 Å². The van der Waals surface area contributed by atoms with E-state index in [1.165, 1.54) is 6.33 Å². The zero-order valence-corrected chi connectivity index (χ0v) is 9.45. The second-order valence-electron chi connectivity index (χ2n) is 4.48. The standard InChI is InChI=1S/C11H17N3O/c1-11(2,3)14-5-4-10(15)9-6-12-8-13-7-9/h6-8,14H,4-5H2,1-3H3. The molecule has 1 heterocycles. The Morgan fingerprint density at radius 2 is 1.93 bits per heavy atom. The zero-order valence-electron chi connectivity index (χ0n) is 9.45. The minimum Gasteiger partial charge on any atom is -0.312 e. The van der Waals surface area contributed by atoms with E-state index in [2.05, 4.69) is 36.1 Å². The lowest BCUT2D eigenvalue weighted by molar-refractivity contribution is 0.0980. The highest BCUT2D eigenvalue weighted by Crippen LogP contribution is 2.01. The van der Waals surface area contributed by atoms with Crippen LogP contribution in [0.5, 0.6) is 0 Å². The van der Waals surface area contributed by atoms with E-state index in [1.54, 1.807) is 12.4 Å². The molecule has 82 valence electrons. The molecule has 1 rings (SSSR count). The van der Waals surface area contributed by atoms with Gasteiger partial charge in [0.1, 0.15) is 6.33 Å². The molecule has 0 unspecified atom stereocenters. The summed E-state index contributed by atoms with van der Waals surface area (Å²) in [5, 5.41) is 3.26. The molecule has 0 atom stereocenters. The molecule has 1 aromatic rings. The number of aromatic nitrogens is 2. The molecule has 0 spiro atoms. The maximum absolute atomic E-state index is 11.6. The molecule has 0 bridgehead atoms. The van der Waals surface area contributed by atoms with Crippen molar-refractivity contribution < 1.29 is 4.79 Å². The molecule has 1 N–H and O–H groups in total. The van der Waals surface area contributed by atoms with Crippen LogP contribution in [0, 0.1) is 0 Å². The Labute approximate surface area is 90.1 Å². The molecule has 0 aromatic carbocycles. The lowest BCUT2D eigenvalue weighted by atomic mass is 10.1. The highest BCUT2D eigenvalue weighted by molar-refractivity contribution is 5.95. The fourth-order valence-corrected chi connectivity index (χ4v) is 1.14. The van der Waals surface area contributed by atoms with Crippen LogP contribution < -0.4 is 5.32 Å². The van der Waals surface area contributed by atoms with Gasteiger partial charge >= 0.3 is 0 Å². The van der Waals surface area contributed by atoms with Crippen molar-refractivity contribution in [1.29, 1.82) is 0 Å². The van der Waals surface area contributed by atoms with Crippen molar-refractivity contribution in [2.75, 3.05) is 6.54 Å². The molecule has 0 saturated heterocycles. The van der Waals surface area contributed by atoms with Crippen LogP contribution in [0.4, 0.5) is 0 Å². The first-order chi connectivity index (χ1) is 6.99. The molecule has 1 aromatic heterocycles. The average molecular weight is 207 g/mol. The molecule has 0 saturated carbocycles. The largest absolute Gasteiger partial charge is 0.312 e. The first-order valence-electron chi connectivity index (χ1n) is 5.02. The number of Topliss-reactive ketones (excluding diaryl/α,β-unsaturated/α-hetero) is 1. The molecule has 0 aliphatic rings. The zero-order chi connectivity index (χ0) is 11.3. The van der Waals surface area contributed by atoms with Crippen molar-refractivity contribution in [3.8, 4) is 0 Å². The maximum Gasteiger partial charge on any atom is 0.167 e. The molecule has 4 heteroatoms. The van der Waals surface area contributed by atoms with Crippen LogP contribution in [0.2, 0.25) is 0 Å². The summed E-state index contributed by atoms with van der Waals surface area (Å²) < 4.78 is 0. The van der Waals surface area contributed by atoms with Crippen molar-refractivity contribution >= 4 is 5.78 Å². The van der Waals surface area contributed by atoms with Gasteiger partial charge in [-0.3, -0.25) is 4.79 Å². The Bertz CT molecular complexity index is 316. The first-order valence-corrected chi connectivity index (χ1v) is 5.02. The quantitative estimate of drug-likeness (QED) is 0.759. The van der Waals surface area contributed by atoms with Crippen molar-refractivity contribution in [3.63, 3.8) is 0 Å². The van der Waals surface area contributed by atoms with E-state index in [9.17, 15) is 4.79 Å². The SMILES string of the molecule is CC(C)(C)NCCC(=O)c1cncnc1. The Kier molecular flexibility index (Phi) is 3.91. The predicted molar refractivity (Wildman–Crippen MR) is 58.7 cm³/mol. The third-order valence-corrected chi connectivity index (χ3v) is 1.89. The normalized spacial score (nSPS) is 11.4. The van der Waals surface area contributed by atoms with Gasteiger partial charge < -0.3 is 5.32 Å². The van der Waals surface area contributed by atoms with Gasteiger partial charge in [-0.15, -0.1) is 0 Å². The number of rotatable bonds is 4. The van der Waals surface area contributed by atoms with E-state index in [0.717, 1.165) is 0 Å². The minimum atomic E-state index is 0.0491. The van der Waals surface area contributed by atoms with Crippen molar-refractivity contribution in [3.05, 3.63) is 24.3 Å². The summed E-state index contributed by atoms with van der Waals surface area (Å²) in [7, 11) is 0. The highest BCUT2D eigenvalue weighted by Gasteiger charge is 2.10. The molecular formula is C11H17N3O. The Morgan fingerprint density at radius 1 is 1.33 bits per heavy atom. The fourth-order valence-electron chi connectivity index (χ4n) is 1.14. The van der Waals surface area contributed by atoms with E-state index in [0.29, 0.717) is 18.5 Å². The molecule has 15 heavy (non-hydrogen) atoms.